The topological polar surface area (TPSA) is 121 Å². The van der Waals surface area contributed by atoms with E-state index in [9.17, 15) is 22.8 Å². The second-order valence-electron chi connectivity index (χ2n) is 6.47. The molecule has 3 aromatic rings. The third-order valence-corrected chi connectivity index (χ3v) is 6.77. The van der Waals surface area contributed by atoms with Gasteiger partial charge in [0.05, 0.1) is 14.6 Å². The minimum atomic E-state index is -3.84. The van der Waals surface area contributed by atoms with Crippen LogP contribution in [0.4, 0.5) is 0 Å². The third kappa shape index (κ3) is 5.85. The number of benzene rings is 2. The average molecular weight is 458 g/mol. The zero-order valence-electron chi connectivity index (χ0n) is 16.4. The molecule has 0 aliphatic heterocycles. The van der Waals surface area contributed by atoms with Gasteiger partial charge >= 0.3 is 0 Å². The molecule has 160 valence electrons. The van der Waals surface area contributed by atoms with Gasteiger partial charge in [-0.25, -0.2) is 13.1 Å². The largest absolute Gasteiger partial charge is 0.294 e. The number of rotatable bonds is 7. The monoisotopic (exact) mass is 457 g/mol. The average Bonchev–Trinajstić information content (AvgIpc) is 3.28. The third-order valence-electron chi connectivity index (χ3n) is 4.18. The number of hydrazine groups is 1. The van der Waals surface area contributed by atoms with E-state index in [2.05, 4.69) is 15.6 Å². The van der Waals surface area contributed by atoms with E-state index in [1.54, 1.807) is 24.3 Å². The Morgan fingerprint density at radius 2 is 1.52 bits per heavy atom. The van der Waals surface area contributed by atoms with Crippen molar-refractivity contribution < 1.29 is 22.8 Å². The molecule has 0 unspecified atom stereocenters. The van der Waals surface area contributed by atoms with Crippen LogP contribution in [0.25, 0.3) is 0 Å². The number of hydrogen-bond donors (Lipinski definition) is 3. The summed E-state index contributed by atoms with van der Waals surface area (Å²) in [5.41, 5.74) is 5.34. The van der Waals surface area contributed by atoms with Gasteiger partial charge in [-0.2, -0.15) is 0 Å². The zero-order chi connectivity index (χ0) is 22.4. The maximum absolute atomic E-state index is 12.6. The van der Waals surface area contributed by atoms with E-state index in [1.165, 1.54) is 43.3 Å². The van der Waals surface area contributed by atoms with Gasteiger partial charge in [0.25, 0.3) is 11.8 Å². The Bertz CT molecular complexity index is 1220. The number of sulfonamides is 1. The molecule has 2 amide bonds. The molecule has 10 heteroatoms. The minimum absolute atomic E-state index is 0.0542. The number of hydrogen-bond acceptors (Lipinski definition) is 6. The number of Topliss-reactive ketones (excluding diaryl/α,β-unsaturated/α-hetero) is 1. The molecule has 3 rings (SSSR count). The molecule has 0 fully saturated rings. The fourth-order valence-electron chi connectivity index (χ4n) is 2.56. The van der Waals surface area contributed by atoms with Crippen LogP contribution in [0.2, 0.25) is 0 Å². The summed E-state index contributed by atoms with van der Waals surface area (Å²) in [7, 11) is -3.84. The summed E-state index contributed by atoms with van der Waals surface area (Å²) in [5, 5.41) is 0. The Labute approximate surface area is 183 Å². The number of nitrogens with one attached hydrogen (secondary N) is 3. The van der Waals surface area contributed by atoms with Crippen LogP contribution in [0.15, 0.2) is 71.6 Å². The normalized spacial score (nSPS) is 11.0. The highest BCUT2D eigenvalue weighted by atomic mass is 32.2. The van der Waals surface area contributed by atoms with E-state index in [0.717, 1.165) is 16.9 Å². The Kier molecular flexibility index (Phi) is 6.95. The van der Waals surface area contributed by atoms with Crippen molar-refractivity contribution in [2.75, 3.05) is 0 Å². The molecule has 31 heavy (non-hydrogen) atoms. The number of amides is 2. The van der Waals surface area contributed by atoms with E-state index in [4.69, 9.17) is 0 Å². The van der Waals surface area contributed by atoms with E-state index < -0.39 is 21.8 Å². The number of carbonyl (C=O) groups excluding carboxylic acids is 3. The Hall–Kier alpha value is -3.34. The van der Waals surface area contributed by atoms with Gasteiger partial charge in [-0.05, 0) is 42.8 Å². The first kappa shape index (κ1) is 22.3. The lowest BCUT2D eigenvalue weighted by Gasteiger charge is -2.09. The van der Waals surface area contributed by atoms with Crippen molar-refractivity contribution in [2.24, 2.45) is 0 Å². The van der Waals surface area contributed by atoms with Crippen molar-refractivity contribution in [2.45, 2.75) is 18.4 Å². The molecular weight excluding hydrogens is 438 g/mol. The fraction of sp³-hybridized carbons (Fsp3) is 0.0952. The summed E-state index contributed by atoms with van der Waals surface area (Å²) in [6.07, 6.45) is 0. The van der Waals surface area contributed by atoms with Gasteiger partial charge in [-0.3, -0.25) is 25.2 Å². The molecule has 0 saturated carbocycles. The van der Waals surface area contributed by atoms with Gasteiger partial charge in [0.15, 0.2) is 5.78 Å². The highest BCUT2D eigenvalue weighted by Crippen LogP contribution is 2.17. The van der Waals surface area contributed by atoms with Crippen LogP contribution in [0.5, 0.6) is 0 Å². The molecular formula is C21H19N3O5S2. The summed E-state index contributed by atoms with van der Waals surface area (Å²) in [6.45, 7) is 1.50. The zero-order valence-corrected chi connectivity index (χ0v) is 18.0. The molecule has 0 radical (unpaired) electrons. The predicted octanol–water partition coefficient (Wildman–Crippen LogP) is 2.50. The van der Waals surface area contributed by atoms with Crippen LogP contribution in [0.3, 0.4) is 0 Å². The Morgan fingerprint density at radius 1 is 0.839 bits per heavy atom. The molecule has 0 spiro atoms. The molecule has 1 heterocycles. The minimum Gasteiger partial charge on any atom is -0.294 e. The van der Waals surface area contributed by atoms with Gasteiger partial charge in [0.2, 0.25) is 10.0 Å². The first-order valence-electron chi connectivity index (χ1n) is 9.11. The maximum atomic E-state index is 12.6. The summed E-state index contributed by atoms with van der Waals surface area (Å²) in [5.74, 6) is -1.43. The molecule has 0 atom stereocenters. The van der Waals surface area contributed by atoms with Gasteiger partial charge < -0.3 is 0 Å². The van der Waals surface area contributed by atoms with Crippen LogP contribution in [-0.2, 0) is 16.6 Å². The van der Waals surface area contributed by atoms with Crippen LogP contribution < -0.4 is 15.6 Å². The molecule has 1 aromatic heterocycles. The van der Waals surface area contributed by atoms with Crippen molar-refractivity contribution in [3.05, 3.63) is 87.6 Å². The smallest absolute Gasteiger partial charge is 0.279 e. The van der Waals surface area contributed by atoms with Crippen molar-refractivity contribution >= 4 is 39.0 Å². The quantitative estimate of drug-likeness (QED) is 0.372. The molecule has 3 N–H and O–H groups in total. The van der Waals surface area contributed by atoms with Crippen molar-refractivity contribution in [1.29, 1.82) is 0 Å². The molecule has 0 aliphatic carbocycles. The summed E-state index contributed by atoms with van der Waals surface area (Å²) < 4.78 is 27.6. The number of ketones is 1. The van der Waals surface area contributed by atoms with E-state index in [1.807, 2.05) is 6.07 Å². The predicted molar refractivity (Wildman–Crippen MR) is 116 cm³/mol. The maximum Gasteiger partial charge on any atom is 0.279 e. The molecule has 0 bridgehead atoms. The summed E-state index contributed by atoms with van der Waals surface area (Å²) in [4.78, 5) is 36.4. The SMILES string of the molecule is CC(=O)c1ccc(C(=O)NNC(=O)c2cccc(S(=O)(=O)NCc3ccccc3)c2)s1. The highest BCUT2D eigenvalue weighted by molar-refractivity contribution is 7.89. The van der Waals surface area contributed by atoms with Gasteiger partial charge in [-0.15, -0.1) is 11.3 Å². The lowest BCUT2D eigenvalue weighted by Crippen LogP contribution is -2.41. The van der Waals surface area contributed by atoms with Crippen LogP contribution >= 0.6 is 11.3 Å². The van der Waals surface area contributed by atoms with Gasteiger partial charge in [-0.1, -0.05) is 36.4 Å². The first-order valence-corrected chi connectivity index (χ1v) is 11.4. The second-order valence-corrected chi connectivity index (χ2v) is 9.32. The van der Waals surface area contributed by atoms with E-state index in [0.29, 0.717) is 4.88 Å². The summed E-state index contributed by atoms with van der Waals surface area (Å²) in [6, 6.07) is 17.5. The van der Waals surface area contributed by atoms with Crippen LogP contribution in [0.1, 0.15) is 42.2 Å². The van der Waals surface area contributed by atoms with E-state index in [-0.39, 0.29) is 27.7 Å². The number of thiophene rings is 1. The highest BCUT2D eigenvalue weighted by Gasteiger charge is 2.17. The first-order chi connectivity index (χ1) is 14.8. The lowest BCUT2D eigenvalue weighted by molar-refractivity contribution is 0.0849. The standard InChI is InChI=1S/C21H19N3O5S2/c1-14(25)18-10-11-19(30-18)21(27)24-23-20(26)16-8-5-9-17(12-16)31(28,29)22-13-15-6-3-2-4-7-15/h2-12,22H,13H2,1H3,(H,23,26)(H,24,27). The lowest BCUT2D eigenvalue weighted by atomic mass is 10.2. The van der Waals surface area contributed by atoms with Gasteiger partial charge in [0.1, 0.15) is 0 Å². The second kappa shape index (κ2) is 9.65. The summed E-state index contributed by atoms with van der Waals surface area (Å²) >= 11 is 1.01. The Morgan fingerprint density at radius 3 is 2.19 bits per heavy atom. The van der Waals surface area contributed by atoms with Crippen LogP contribution in [-0.4, -0.2) is 26.0 Å². The van der Waals surface area contributed by atoms with Crippen molar-refractivity contribution in [3.63, 3.8) is 0 Å². The Balaban J connectivity index is 1.63. The number of carbonyl (C=O) groups is 3. The molecule has 8 nitrogen and oxygen atoms in total. The van der Waals surface area contributed by atoms with Crippen molar-refractivity contribution in [1.82, 2.24) is 15.6 Å². The molecule has 0 saturated heterocycles. The van der Waals surface area contributed by atoms with Crippen molar-refractivity contribution in [3.8, 4) is 0 Å². The van der Waals surface area contributed by atoms with E-state index >= 15 is 0 Å². The molecule has 0 aliphatic rings. The fourth-order valence-corrected chi connectivity index (χ4v) is 4.42. The molecule has 2 aromatic carbocycles. The van der Waals surface area contributed by atoms with Gasteiger partial charge in [0, 0.05) is 12.1 Å². The van der Waals surface area contributed by atoms with Crippen LogP contribution in [0, 0.1) is 0 Å².